The normalized spacial score (nSPS) is 17.1. The average molecular weight is 477 g/mol. The molecule has 2 aliphatic heterocycles. The third-order valence-electron chi connectivity index (χ3n) is 6.37. The Hall–Kier alpha value is -3.69. The topological polar surface area (TPSA) is 97.0 Å². The highest BCUT2D eigenvalue weighted by molar-refractivity contribution is 6.32. The van der Waals surface area contributed by atoms with Gasteiger partial charge in [-0.25, -0.2) is 0 Å². The van der Waals surface area contributed by atoms with Gasteiger partial charge in [-0.3, -0.25) is 19.3 Å². The van der Waals surface area contributed by atoms with E-state index in [1.165, 1.54) is 0 Å². The smallest absolute Gasteiger partial charge is 0.257 e. The summed E-state index contributed by atoms with van der Waals surface area (Å²) in [5, 5.41) is 8.73. The number of carbonyl (C=O) groups excluding carboxylic acids is 3. The van der Waals surface area contributed by atoms with Crippen LogP contribution in [0.4, 0.5) is 17.1 Å². The maximum absolute atomic E-state index is 12.7. The first-order valence-corrected chi connectivity index (χ1v) is 11.8. The van der Waals surface area contributed by atoms with Gasteiger partial charge in [0.25, 0.3) is 11.8 Å². The zero-order valence-electron chi connectivity index (χ0n) is 20.4. The van der Waals surface area contributed by atoms with E-state index in [-0.39, 0.29) is 17.7 Å². The van der Waals surface area contributed by atoms with Crippen LogP contribution in [0.1, 0.15) is 22.8 Å². The second kappa shape index (κ2) is 10.7. The molecular formula is C26H32N6O3. The van der Waals surface area contributed by atoms with Crippen LogP contribution in [0, 0.1) is 0 Å². The zero-order chi connectivity index (χ0) is 24.9. The minimum atomic E-state index is -0.230. The van der Waals surface area contributed by atoms with Crippen LogP contribution in [-0.2, 0) is 9.59 Å². The van der Waals surface area contributed by atoms with Crippen molar-refractivity contribution in [1.29, 1.82) is 0 Å². The predicted octanol–water partition coefficient (Wildman–Crippen LogP) is 2.05. The fourth-order valence-electron chi connectivity index (χ4n) is 4.13. The Kier molecular flexibility index (Phi) is 7.48. The predicted molar refractivity (Wildman–Crippen MR) is 138 cm³/mol. The first-order chi connectivity index (χ1) is 16.9. The Morgan fingerprint density at radius 2 is 1.80 bits per heavy atom. The minimum Gasteiger partial charge on any atom is -0.361 e. The molecule has 184 valence electrons. The summed E-state index contributed by atoms with van der Waals surface area (Å²) in [4.78, 5) is 43.4. The highest BCUT2D eigenvalue weighted by Crippen LogP contribution is 2.32. The molecule has 0 spiro atoms. The van der Waals surface area contributed by atoms with Crippen molar-refractivity contribution >= 4 is 40.4 Å². The molecule has 0 aromatic heterocycles. The Bertz CT molecular complexity index is 1140. The third kappa shape index (κ3) is 5.70. The molecule has 2 aromatic rings. The van der Waals surface area contributed by atoms with Gasteiger partial charge in [-0.05, 0) is 50.4 Å². The minimum absolute atomic E-state index is 0.0589. The SMILES string of the molecule is CCNC(=O)c1ccc2c(c1)NC(=O)/C2=C\Nc1ccc(N(C)C(=O)CN2CCN(C)CC2)cc1. The molecule has 0 unspecified atom stereocenters. The molecule has 0 radical (unpaired) electrons. The van der Waals surface area contributed by atoms with E-state index in [2.05, 4.69) is 32.8 Å². The van der Waals surface area contributed by atoms with E-state index in [1.54, 1.807) is 36.3 Å². The monoisotopic (exact) mass is 476 g/mol. The lowest BCUT2D eigenvalue weighted by Crippen LogP contribution is -2.48. The molecule has 3 N–H and O–H groups in total. The summed E-state index contributed by atoms with van der Waals surface area (Å²) in [5.74, 6) is -0.345. The zero-order valence-corrected chi connectivity index (χ0v) is 20.4. The number of hydrogen-bond donors (Lipinski definition) is 3. The largest absolute Gasteiger partial charge is 0.361 e. The number of nitrogens with zero attached hydrogens (tertiary/aromatic N) is 3. The van der Waals surface area contributed by atoms with Gasteiger partial charge in [0.05, 0.1) is 12.1 Å². The van der Waals surface area contributed by atoms with Crippen molar-refractivity contribution < 1.29 is 14.4 Å². The highest BCUT2D eigenvalue weighted by atomic mass is 16.2. The lowest BCUT2D eigenvalue weighted by atomic mass is 10.1. The van der Waals surface area contributed by atoms with Gasteiger partial charge >= 0.3 is 0 Å². The van der Waals surface area contributed by atoms with Crippen LogP contribution >= 0.6 is 0 Å². The summed E-state index contributed by atoms with van der Waals surface area (Å²) in [6, 6.07) is 12.7. The van der Waals surface area contributed by atoms with Crippen molar-refractivity contribution in [2.24, 2.45) is 0 Å². The molecule has 0 saturated carbocycles. The van der Waals surface area contributed by atoms with Crippen LogP contribution in [0.15, 0.2) is 48.7 Å². The van der Waals surface area contributed by atoms with Crippen molar-refractivity contribution in [1.82, 2.24) is 15.1 Å². The lowest BCUT2D eigenvalue weighted by Gasteiger charge is -2.32. The summed E-state index contributed by atoms with van der Waals surface area (Å²) in [6.07, 6.45) is 1.66. The highest BCUT2D eigenvalue weighted by Gasteiger charge is 2.25. The third-order valence-corrected chi connectivity index (χ3v) is 6.37. The number of anilines is 3. The molecule has 0 bridgehead atoms. The van der Waals surface area contributed by atoms with Gasteiger partial charge in [0.2, 0.25) is 5.91 Å². The molecule has 2 heterocycles. The van der Waals surface area contributed by atoms with E-state index < -0.39 is 0 Å². The van der Waals surface area contributed by atoms with Crippen molar-refractivity contribution in [2.75, 3.05) is 68.9 Å². The molecule has 0 aliphatic carbocycles. The molecular weight excluding hydrogens is 444 g/mol. The molecule has 3 amide bonds. The quantitative estimate of drug-likeness (QED) is 0.530. The Balaban J connectivity index is 1.38. The van der Waals surface area contributed by atoms with E-state index in [4.69, 9.17) is 0 Å². The second-order valence-electron chi connectivity index (χ2n) is 8.86. The van der Waals surface area contributed by atoms with E-state index in [0.29, 0.717) is 29.9 Å². The summed E-state index contributed by atoms with van der Waals surface area (Å²) in [7, 11) is 3.89. The second-order valence-corrected chi connectivity index (χ2v) is 8.86. The van der Waals surface area contributed by atoms with E-state index in [1.807, 2.05) is 31.2 Å². The van der Waals surface area contributed by atoms with E-state index in [9.17, 15) is 14.4 Å². The van der Waals surface area contributed by atoms with Gasteiger partial charge in [-0.15, -0.1) is 0 Å². The number of rotatable bonds is 7. The van der Waals surface area contributed by atoms with Gasteiger partial charge in [-0.1, -0.05) is 6.07 Å². The number of amides is 3. The van der Waals surface area contributed by atoms with Crippen molar-refractivity contribution in [3.8, 4) is 0 Å². The first-order valence-electron chi connectivity index (χ1n) is 11.8. The van der Waals surface area contributed by atoms with Gasteiger partial charge in [0, 0.05) is 74.2 Å². The molecule has 9 nitrogen and oxygen atoms in total. The molecule has 0 atom stereocenters. The van der Waals surface area contributed by atoms with Crippen LogP contribution in [0.2, 0.25) is 0 Å². The van der Waals surface area contributed by atoms with Crippen LogP contribution in [0.5, 0.6) is 0 Å². The van der Waals surface area contributed by atoms with E-state index in [0.717, 1.165) is 43.1 Å². The Labute approximate surface area is 205 Å². The molecule has 2 aromatic carbocycles. The number of piperazine rings is 1. The summed E-state index contributed by atoms with van der Waals surface area (Å²) in [6.45, 7) is 6.56. The van der Waals surface area contributed by atoms with Crippen LogP contribution in [0.3, 0.4) is 0 Å². The van der Waals surface area contributed by atoms with Crippen LogP contribution < -0.4 is 20.9 Å². The number of benzene rings is 2. The Morgan fingerprint density at radius 1 is 1.09 bits per heavy atom. The Morgan fingerprint density at radius 3 is 2.49 bits per heavy atom. The first kappa shape index (κ1) is 24.4. The molecule has 2 aliphatic rings. The number of fused-ring (bicyclic) bond motifs is 1. The average Bonchev–Trinajstić information content (AvgIpc) is 3.18. The summed E-state index contributed by atoms with van der Waals surface area (Å²) >= 11 is 0. The number of likely N-dealkylation sites (N-methyl/N-ethyl adjacent to an activating group) is 2. The van der Waals surface area contributed by atoms with Crippen molar-refractivity contribution in [2.45, 2.75) is 6.92 Å². The molecule has 35 heavy (non-hydrogen) atoms. The van der Waals surface area contributed by atoms with Gasteiger partial charge in [-0.2, -0.15) is 0 Å². The van der Waals surface area contributed by atoms with Crippen molar-refractivity contribution in [3.05, 3.63) is 59.8 Å². The standard InChI is InChI=1S/C26H32N6O3/c1-4-27-25(34)18-5-10-21-22(26(35)29-23(21)15-18)16-28-19-6-8-20(9-7-19)31(3)24(33)17-32-13-11-30(2)12-14-32/h5-10,15-16,28H,4,11-14,17H2,1-3H3,(H,27,34)(H,29,35)/b22-16-. The molecule has 1 fully saturated rings. The van der Waals surface area contributed by atoms with Crippen molar-refractivity contribution in [3.63, 3.8) is 0 Å². The van der Waals surface area contributed by atoms with Crippen LogP contribution in [0.25, 0.3) is 5.57 Å². The van der Waals surface area contributed by atoms with Gasteiger partial charge in [0.15, 0.2) is 0 Å². The molecule has 4 rings (SSSR count). The summed E-state index contributed by atoms with van der Waals surface area (Å²) in [5.41, 5.74) is 3.95. The summed E-state index contributed by atoms with van der Waals surface area (Å²) < 4.78 is 0. The fraction of sp³-hybridized carbons (Fsp3) is 0.346. The van der Waals surface area contributed by atoms with Crippen LogP contribution in [-0.4, -0.2) is 80.9 Å². The van der Waals surface area contributed by atoms with Gasteiger partial charge in [0.1, 0.15) is 0 Å². The number of hydrogen-bond acceptors (Lipinski definition) is 6. The molecule has 1 saturated heterocycles. The maximum atomic E-state index is 12.7. The lowest BCUT2D eigenvalue weighted by molar-refractivity contribution is -0.119. The molecule has 9 heteroatoms. The van der Waals surface area contributed by atoms with E-state index >= 15 is 0 Å². The number of carbonyl (C=O) groups is 3. The number of nitrogens with one attached hydrogen (secondary N) is 3. The maximum Gasteiger partial charge on any atom is 0.257 e. The fourth-order valence-corrected chi connectivity index (χ4v) is 4.13. The van der Waals surface area contributed by atoms with Gasteiger partial charge < -0.3 is 25.8 Å².